The maximum absolute atomic E-state index is 6.57. The van der Waals surface area contributed by atoms with E-state index in [0.717, 1.165) is 0 Å². The molecule has 8 heavy (non-hydrogen) atoms. The average molecular weight is 109 g/mol. The molecule has 1 aliphatic heterocycles. The molecule has 0 saturated carbocycles. The van der Waals surface area contributed by atoms with Crippen LogP contribution in [0.5, 0.6) is 0 Å². The van der Waals surface area contributed by atoms with Gasteiger partial charge in [-0.05, 0) is 18.4 Å². The van der Waals surface area contributed by atoms with Crippen molar-refractivity contribution >= 4 is 0 Å². The summed E-state index contributed by atoms with van der Waals surface area (Å²) in [5.41, 5.74) is 6.57. The van der Waals surface area contributed by atoms with Crippen LogP contribution in [-0.4, -0.2) is 6.17 Å². The van der Waals surface area contributed by atoms with E-state index in [4.69, 9.17) is 5.53 Å². The molecule has 0 amide bonds. The Bertz CT molecular complexity index is 137. The van der Waals surface area contributed by atoms with Crippen LogP contribution in [0.1, 0.15) is 0 Å². The maximum Gasteiger partial charge on any atom is 0.158 e. The smallest absolute Gasteiger partial charge is 0.158 e. The van der Waals surface area contributed by atoms with Gasteiger partial charge in [0.05, 0.1) is 0 Å². The molecule has 42 valence electrons. The molecule has 0 aliphatic carbocycles. The number of allylic oxidation sites excluding steroid dienone is 2. The predicted molar refractivity (Wildman–Crippen MR) is 30.4 cm³/mol. The molecule has 0 spiro atoms. The molecule has 0 radical (unpaired) electrons. The highest BCUT2D eigenvalue weighted by atomic mass is 15.1. The van der Waals surface area contributed by atoms with Crippen molar-refractivity contribution in [2.45, 2.75) is 6.17 Å². The lowest BCUT2D eigenvalue weighted by Gasteiger charge is -2.06. The van der Waals surface area contributed by atoms with E-state index in [1.165, 1.54) is 0 Å². The SMILES string of the molecule is N=NC1C=CC=CN1. The van der Waals surface area contributed by atoms with Gasteiger partial charge >= 0.3 is 0 Å². The van der Waals surface area contributed by atoms with Crippen LogP contribution in [0.4, 0.5) is 0 Å². The summed E-state index contributed by atoms with van der Waals surface area (Å²) in [5.74, 6) is 0. The van der Waals surface area contributed by atoms with Crippen molar-refractivity contribution in [2.75, 3.05) is 0 Å². The zero-order valence-corrected chi connectivity index (χ0v) is 4.33. The minimum absolute atomic E-state index is 0.139. The minimum Gasteiger partial charge on any atom is -0.365 e. The fraction of sp³-hybridized carbons (Fsp3) is 0.200. The Morgan fingerprint density at radius 2 is 2.38 bits per heavy atom. The second-order valence-corrected chi connectivity index (χ2v) is 1.48. The van der Waals surface area contributed by atoms with Gasteiger partial charge in [-0.25, -0.2) is 5.53 Å². The molecule has 1 heterocycles. The molecule has 0 aromatic heterocycles. The molecule has 3 nitrogen and oxygen atoms in total. The predicted octanol–water partition coefficient (Wildman–Crippen LogP) is 1.02. The Morgan fingerprint density at radius 1 is 1.50 bits per heavy atom. The van der Waals surface area contributed by atoms with E-state index in [1.807, 2.05) is 18.2 Å². The van der Waals surface area contributed by atoms with Crippen LogP contribution < -0.4 is 5.32 Å². The number of hydrogen-bond donors (Lipinski definition) is 2. The van der Waals surface area contributed by atoms with Crippen LogP contribution in [0.15, 0.2) is 29.5 Å². The second kappa shape index (κ2) is 2.26. The fourth-order valence-corrected chi connectivity index (χ4v) is 0.515. The highest BCUT2D eigenvalue weighted by Gasteiger charge is 1.96. The van der Waals surface area contributed by atoms with E-state index in [2.05, 4.69) is 10.4 Å². The van der Waals surface area contributed by atoms with Crippen LogP contribution in [0.2, 0.25) is 0 Å². The highest BCUT2D eigenvalue weighted by Crippen LogP contribution is 1.93. The first-order valence-electron chi connectivity index (χ1n) is 2.39. The third kappa shape index (κ3) is 0.932. The van der Waals surface area contributed by atoms with Gasteiger partial charge in [0.2, 0.25) is 0 Å². The average Bonchev–Trinajstić information content (AvgIpc) is 1.90. The van der Waals surface area contributed by atoms with Gasteiger partial charge in [-0.3, -0.25) is 0 Å². The van der Waals surface area contributed by atoms with E-state index >= 15 is 0 Å². The van der Waals surface area contributed by atoms with Crippen molar-refractivity contribution < 1.29 is 0 Å². The third-order valence-corrected chi connectivity index (χ3v) is 0.907. The van der Waals surface area contributed by atoms with E-state index < -0.39 is 0 Å². The summed E-state index contributed by atoms with van der Waals surface area (Å²) < 4.78 is 0. The molecule has 0 aromatic rings. The van der Waals surface area contributed by atoms with Crippen molar-refractivity contribution in [3.63, 3.8) is 0 Å². The number of hydrogen-bond acceptors (Lipinski definition) is 3. The largest absolute Gasteiger partial charge is 0.365 e. The topological polar surface area (TPSA) is 48.2 Å². The third-order valence-electron chi connectivity index (χ3n) is 0.907. The summed E-state index contributed by atoms with van der Waals surface area (Å²) in [6.45, 7) is 0. The van der Waals surface area contributed by atoms with Gasteiger partial charge in [0.25, 0.3) is 0 Å². The Morgan fingerprint density at radius 3 is 2.75 bits per heavy atom. The maximum atomic E-state index is 6.57. The van der Waals surface area contributed by atoms with Gasteiger partial charge in [-0.1, -0.05) is 6.08 Å². The normalized spacial score (nSPS) is 24.8. The summed E-state index contributed by atoms with van der Waals surface area (Å²) in [4.78, 5) is 0. The molecule has 1 unspecified atom stereocenters. The molecule has 1 rings (SSSR count). The first-order chi connectivity index (χ1) is 3.93. The lowest BCUT2D eigenvalue weighted by Crippen LogP contribution is -2.19. The van der Waals surface area contributed by atoms with Crippen LogP contribution in [0.3, 0.4) is 0 Å². The van der Waals surface area contributed by atoms with E-state index in [1.54, 1.807) is 6.20 Å². The summed E-state index contributed by atoms with van der Waals surface area (Å²) in [6, 6.07) is 0. The monoisotopic (exact) mass is 109 g/mol. The number of rotatable bonds is 1. The van der Waals surface area contributed by atoms with Crippen LogP contribution in [-0.2, 0) is 0 Å². The molecule has 3 heteroatoms. The van der Waals surface area contributed by atoms with Gasteiger partial charge in [-0.15, -0.1) is 0 Å². The van der Waals surface area contributed by atoms with E-state index in [9.17, 15) is 0 Å². The molecule has 0 aromatic carbocycles. The van der Waals surface area contributed by atoms with Gasteiger partial charge in [0.15, 0.2) is 6.17 Å². The molecule has 1 aliphatic rings. The quantitative estimate of drug-likeness (QED) is 0.485. The summed E-state index contributed by atoms with van der Waals surface area (Å²) in [7, 11) is 0. The standard InChI is InChI=1S/C5H7N3/c6-8-5-3-1-2-4-7-5/h1-7H. The van der Waals surface area contributed by atoms with Crippen molar-refractivity contribution in [2.24, 2.45) is 5.11 Å². The summed E-state index contributed by atoms with van der Waals surface area (Å²) >= 11 is 0. The number of nitrogens with one attached hydrogen (secondary N) is 2. The van der Waals surface area contributed by atoms with Gasteiger partial charge in [-0.2, -0.15) is 5.11 Å². The van der Waals surface area contributed by atoms with Crippen molar-refractivity contribution in [1.82, 2.24) is 5.32 Å². The summed E-state index contributed by atoms with van der Waals surface area (Å²) in [5, 5.41) is 6.10. The van der Waals surface area contributed by atoms with Gasteiger partial charge < -0.3 is 5.32 Å². The first-order valence-corrected chi connectivity index (χ1v) is 2.39. The van der Waals surface area contributed by atoms with Crippen LogP contribution in [0, 0.1) is 5.53 Å². The lowest BCUT2D eigenvalue weighted by molar-refractivity contribution is 0.672. The highest BCUT2D eigenvalue weighted by molar-refractivity contribution is 5.10. The Balaban J connectivity index is 2.51. The van der Waals surface area contributed by atoms with Gasteiger partial charge in [0, 0.05) is 0 Å². The number of nitrogens with zero attached hydrogens (tertiary/aromatic N) is 1. The van der Waals surface area contributed by atoms with Crippen LogP contribution >= 0.6 is 0 Å². The van der Waals surface area contributed by atoms with Crippen molar-refractivity contribution in [3.05, 3.63) is 24.4 Å². The summed E-state index contributed by atoms with van der Waals surface area (Å²) in [6.07, 6.45) is 7.16. The minimum atomic E-state index is -0.139. The second-order valence-electron chi connectivity index (χ2n) is 1.48. The Hall–Kier alpha value is -1.12. The Kier molecular flexibility index (Phi) is 1.42. The fourth-order valence-electron chi connectivity index (χ4n) is 0.515. The molecule has 0 saturated heterocycles. The zero-order chi connectivity index (χ0) is 5.82. The first kappa shape index (κ1) is 5.03. The van der Waals surface area contributed by atoms with Crippen molar-refractivity contribution in [1.29, 1.82) is 5.53 Å². The molecule has 0 bridgehead atoms. The lowest BCUT2D eigenvalue weighted by atomic mass is 10.3. The van der Waals surface area contributed by atoms with E-state index in [0.29, 0.717) is 0 Å². The molecule has 1 atom stereocenters. The van der Waals surface area contributed by atoms with E-state index in [-0.39, 0.29) is 6.17 Å². The zero-order valence-electron chi connectivity index (χ0n) is 4.33. The number of dihydropyridines is 1. The molecule has 0 fully saturated rings. The molecular formula is C5H7N3. The van der Waals surface area contributed by atoms with Gasteiger partial charge in [0.1, 0.15) is 0 Å². The molecule has 2 N–H and O–H groups in total. The Labute approximate surface area is 47.6 Å². The van der Waals surface area contributed by atoms with Crippen molar-refractivity contribution in [3.8, 4) is 0 Å². The van der Waals surface area contributed by atoms with Crippen LogP contribution in [0.25, 0.3) is 0 Å². The molecular weight excluding hydrogens is 102 g/mol.